The molecule has 1 amide bonds. The molecule has 176 valence electrons. The number of aryl methyl sites for hydroxylation is 1. The normalized spacial score (nSPS) is 17.2. The van der Waals surface area contributed by atoms with Crippen molar-refractivity contribution in [2.75, 3.05) is 33.4 Å². The van der Waals surface area contributed by atoms with E-state index in [1.54, 1.807) is 18.1 Å². The number of nitrogens with zero attached hydrogens (tertiary/aromatic N) is 2. The molecular weight excluding hydrogens is 448 g/mol. The van der Waals surface area contributed by atoms with Crippen molar-refractivity contribution in [3.8, 4) is 11.5 Å². The third-order valence-electron chi connectivity index (χ3n) is 5.64. The first-order chi connectivity index (χ1) is 15.3. The molecule has 0 N–H and O–H groups in total. The van der Waals surface area contributed by atoms with Gasteiger partial charge in [-0.3, -0.25) is 4.79 Å². The van der Waals surface area contributed by atoms with E-state index >= 15 is 0 Å². The zero-order valence-electron chi connectivity index (χ0n) is 19.2. The fourth-order valence-electron chi connectivity index (χ4n) is 3.95. The number of sulfonamides is 1. The van der Waals surface area contributed by atoms with Crippen LogP contribution in [0.3, 0.4) is 0 Å². The Bertz CT molecular complexity index is 1030. The highest BCUT2D eigenvalue weighted by Gasteiger charge is 2.35. The fraction of sp³-hybridized carbons (Fsp3) is 0.522. The van der Waals surface area contributed by atoms with Crippen molar-refractivity contribution in [1.82, 2.24) is 9.21 Å². The molecule has 1 aromatic carbocycles. The number of thiophene rings is 1. The minimum absolute atomic E-state index is 0.0115. The number of methoxy groups -OCH3 is 1. The summed E-state index contributed by atoms with van der Waals surface area (Å²) in [5.74, 6) is 0.950. The van der Waals surface area contributed by atoms with Gasteiger partial charge in [0, 0.05) is 31.1 Å². The first kappa shape index (κ1) is 24.5. The van der Waals surface area contributed by atoms with Crippen molar-refractivity contribution < 1.29 is 22.7 Å². The number of hydrogen-bond donors (Lipinski definition) is 0. The summed E-state index contributed by atoms with van der Waals surface area (Å²) in [5.41, 5.74) is 0.940. The standard InChI is InChI=1S/C23H32N2O5S2/c1-5-24(15-18-10-11-20(30-6-2)21(14-18)29-4)23(26)19-8-7-13-25(16-19)32(27,28)22-12-9-17(3)31-22/h9-12,14,19H,5-8,13,15-16H2,1-4H3. The van der Waals surface area contributed by atoms with Crippen molar-refractivity contribution in [1.29, 1.82) is 0 Å². The Morgan fingerprint density at radius 3 is 2.62 bits per heavy atom. The quantitative estimate of drug-likeness (QED) is 0.544. The van der Waals surface area contributed by atoms with E-state index in [0.717, 1.165) is 10.4 Å². The van der Waals surface area contributed by atoms with Crippen LogP contribution in [0.4, 0.5) is 0 Å². The zero-order chi connectivity index (χ0) is 23.3. The molecule has 2 heterocycles. The maximum absolute atomic E-state index is 13.3. The van der Waals surface area contributed by atoms with E-state index in [2.05, 4.69) is 0 Å². The van der Waals surface area contributed by atoms with Crippen LogP contribution in [0.5, 0.6) is 11.5 Å². The van der Waals surface area contributed by atoms with Gasteiger partial charge in [-0.2, -0.15) is 4.31 Å². The molecule has 0 aliphatic carbocycles. The summed E-state index contributed by atoms with van der Waals surface area (Å²) >= 11 is 1.27. The molecule has 0 spiro atoms. The Hall–Kier alpha value is -2.10. The lowest BCUT2D eigenvalue weighted by molar-refractivity contribution is -0.137. The third kappa shape index (κ3) is 5.44. The van der Waals surface area contributed by atoms with Gasteiger partial charge in [-0.15, -0.1) is 11.3 Å². The Morgan fingerprint density at radius 2 is 2.00 bits per heavy atom. The number of benzene rings is 1. The lowest BCUT2D eigenvalue weighted by atomic mass is 9.97. The number of hydrogen-bond acceptors (Lipinski definition) is 6. The predicted molar refractivity (Wildman–Crippen MR) is 126 cm³/mol. The highest BCUT2D eigenvalue weighted by Crippen LogP contribution is 2.31. The smallest absolute Gasteiger partial charge is 0.252 e. The largest absolute Gasteiger partial charge is 0.493 e. The van der Waals surface area contributed by atoms with Crippen LogP contribution in [-0.2, 0) is 21.4 Å². The van der Waals surface area contributed by atoms with E-state index in [4.69, 9.17) is 9.47 Å². The molecule has 0 saturated carbocycles. The summed E-state index contributed by atoms with van der Waals surface area (Å²) < 4.78 is 38.9. The van der Waals surface area contributed by atoms with Crippen LogP contribution in [0.15, 0.2) is 34.5 Å². The molecule has 1 unspecified atom stereocenters. The van der Waals surface area contributed by atoms with Crippen molar-refractivity contribution in [3.05, 3.63) is 40.8 Å². The van der Waals surface area contributed by atoms with E-state index in [9.17, 15) is 13.2 Å². The molecule has 0 bridgehead atoms. The molecule has 3 rings (SSSR count). The molecule has 0 radical (unpaired) electrons. The molecule has 2 aromatic rings. The number of rotatable bonds is 9. The number of piperidine rings is 1. The minimum atomic E-state index is -3.57. The van der Waals surface area contributed by atoms with Crippen molar-refractivity contribution in [2.45, 2.75) is 44.4 Å². The SMILES string of the molecule is CCOc1ccc(CN(CC)C(=O)C2CCCN(S(=O)(=O)c3ccc(C)s3)C2)cc1OC. The maximum Gasteiger partial charge on any atom is 0.252 e. The van der Waals surface area contributed by atoms with Crippen molar-refractivity contribution in [2.24, 2.45) is 5.92 Å². The average molecular weight is 481 g/mol. The fourth-order valence-corrected chi connectivity index (χ4v) is 6.91. The van der Waals surface area contributed by atoms with Gasteiger partial charge in [-0.1, -0.05) is 6.07 Å². The monoisotopic (exact) mass is 480 g/mol. The molecular formula is C23H32N2O5S2. The molecule has 7 nitrogen and oxygen atoms in total. The summed E-state index contributed by atoms with van der Waals surface area (Å²) in [7, 11) is -1.97. The molecule has 1 aliphatic rings. The second-order valence-corrected chi connectivity index (χ2v) is 11.3. The van der Waals surface area contributed by atoms with Gasteiger partial charge in [0.15, 0.2) is 11.5 Å². The number of carbonyl (C=O) groups excluding carboxylic acids is 1. The molecule has 32 heavy (non-hydrogen) atoms. The molecule has 1 aliphatic heterocycles. The molecule has 1 fully saturated rings. The Labute approximate surface area is 195 Å². The number of carbonyl (C=O) groups is 1. The van der Waals surface area contributed by atoms with Gasteiger partial charge in [0.25, 0.3) is 10.0 Å². The molecule has 1 saturated heterocycles. The Morgan fingerprint density at radius 1 is 1.22 bits per heavy atom. The first-order valence-corrected chi connectivity index (χ1v) is 13.2. The van der Waals surface area contributed by atoms with Crippen LogP contribution in [0, 0.1) is 12.8 Å². The van der Waals surface area contributed by atoms with E-state index < -0.39 is 10.0 Å². The van der Waals surface area contributed by atoms with Gasteiger partial charge in [0.2, 0.25) is 5.91 Å². The number of ether oxygens (including phenoxy) is 2. The molecule has 1 aromatic heterocycles. The van der Waals surface area contributed by atoms with Crippen LogP contribution in [0.2, 0.25) is 0 Å². The summed E-state index contributed by atoms with van der Waals surface area (Å²) in [5, 5.41) is 0. The van der Waals surface area contributed by atoms with Gasteiger partial charge in [0.05, 0.1) is 19.6 Å². The molecule has 9 heteroatoms. The highest BCUT2D eigenvalue weighted by atomic mass is 32.2. The summed E-state index contributed by atoms with van der Waals surface area (Å²) in [4.78, 5) is 16.1. The average Bonchev–Trinajstić information content (AvgIpc) is 3.25. The van der Waals surface area contributed by atoms with Crippen LogP contribution < -0.4 is 9.47 Å². The van der Waals surface area contributed by atoms with E-state index in [1.165, 1.54) is 15.6 Å². The van der Waals surface area contributed by atoms with Crippen molar-refractivity contribution >= 4 is 27.3 Å². The first-order valence-electron chi connectivity index (χ1n) is 10.9. The minimum Gasteiger partial charge on any atom is -0.493 e. The van der Waals surface area contributed by atoms with Crippen LogP contribution in [-0.4, -0.2) is 56.9 Å². The van der Waals surface area contributed by atoms with Crippen LogP contribution in [0.25, 0.3) is 0 Å². The topological polar surface area (TPSA) is 76.2 Å². The van der Waals surface area contributed by atoms with E-state index in [0.29, 0.717) is 54.8 Å². The lowest BCUT2D eigenvalue weighted by Gasteiger charge is -2.34. The lowest BCUT2D eigenvalue weighted by Crippen LogP contribution is -2.46. The maximum atomic E-state index is 13.3. The van der Waals surface area contributed by atoms with Gasteiger partial charge in [0.1, 0.15) is 4.21 Å². The summed E-state index contributed by atoms with van der Waals surface area (Å²) in [6.45, 7) is 7.94. The van der Waals surface area contributed by atoms with Crippen LogP contribution >= 0.6 is 11.3 Å². The van der Waals surface area contributed by atoms with Crippen molar-refractivity contribution in [3.63, 3.8) is 0 Å². The number of amides is 1. The van der Waals surface area contributed by atoms with Crippen LogP contribution in [0.1, 0.15) is 37.1 Å². The summed E-state index contributed by atoms with van der Waals surface area (Å²) in [6.07, 6.45) is 1.37. The van der Waals surface area contributed by atoms with E-state index in [1.807, 2.05) is 45.0 Å². The highest BCUT2D eigenvalue weighted by molar-refractivity contribution is 7.91. The Balaban J connectivity index is 1.72. The van der Waals surface area contributed by atoms with Gasteiger partial charge in [-0.05, 0) is 63.4 Å². The molecule has 1 atom stereocenters. The third-order valence-corrected chi connectivity index (χ3v) is 8.97. The zero-order valence-corrected chi connectivity index (χ0v) is 20.8. The Kier molecular flexibility index (Phi) is 8.19. The van der Waals surface area contributed by atoms with Gasteiger partial charge < -0.3 is 14.4 Å². The second-order valence-electron chi connectivity index (χ2n) is 7.84. The van der Waals surface area contributed by atoms with E-state index in [-0.39, 0.29) is 18.4 Å². The predicted octanol–water partition coefficient (Wildman–Crippen LogP) is 3.91. The van der Waals surface area contributed by atoms with Gasteiger partial charge >= 0.3 is 0 Å². The second kappa shape index (κ2) is 10.7. The van der Waals surface area contributed by atoms with Gasteiger partial charge in [-0.25, -0.2) is 8.42 Å². The summed E-state index contributed by atoms with van der Waals surface area (Å²) in [6, 6.07) is 9.14.